The van der Waals surface area contributed by atoms with Crippen LogP contribution in [0.25, 0.3) is 0 Å². The maximum atomic E-state index is 12.9. The average molecular weight is 617 g/mol. The Morgan fingerprint density at radius 3 is 2.43 bits per heavy atom. The lowest BCUT2D eigenvalue weighted by Gasteiger charge is -2.30. The monoisotopic (exact) mass is 616 g/mol. The summed E-state index contributed by atoms with van der Waals surface area (Å²) in [5, 5.41) is 8.89. The molecule has 2 aliphatic rings. The normalized spacial score (nSPS) is 25.6. The molecule has 0 unspecified atom stereocenters. The van der Waals surface area contributed by atoms with Gasteiger partial charge in [-0.1, -0.05) is 50.6 Å². The van der Waals surface area contributed by atoms with E-state index in [2.05, 4.69) is 26.8 Å². The number of carboxylic acid groups (broad SMARTS) is 1. The topological polar surface area (TPSA) is 110 Å². The van der Waals surface area contributed by atoms with Crippen LogP contribution in [0.15, 0.2) is 48.1 Å². The largest absolute Gasteiger partial charge is 0.497 e. The van der Waals surface area contributed by atoms with E-state index in [1.165, 1.54) is 11.6 Å². The fraction of sp³-hybridized carbons (Fsp3) is 0.657. The van der Waals surface area contributed by atoms with Crippen molar-refractivity contribution in [1.29, 1.82) is 0 Å². The Morgan fingerprint density at radius 1 is 1.14 bits per heavy atom. The SMILES string of the molecule is CC[C@]1(C)C[C@@H](OCc2ccc(OC)cc2)[C@H](CC/C(C)=C/[C@@H](C)[C@H](CC2(C)OCCO2)OC(=O)C[C@H](C)/C=C/C(=O)O)O1. The van der Waals surface area contributed by atoms with Crippen molar-refractivity contribution in [2.24, 2.45) is 11.8 Å². The van der Waals surface area contributed by atoms with Crippen LogP contribution in [0.4, 0.5) is 0 Å². The molecule has 2 saturated heterocycles. The fourth-order valence-corrected chi connectivity index (χ4v) is 5.79. The first-order valence-electron chi connectivity index (χ1n) is 15.8. The maximum absolute atomic E-state index is 12.9. The molecule has 0 aromatic heterocycles. The quantitative estimate of drug-likeness (QED) is 0.117. The molecular weight excluding hydrogens is 564 g/mol. The van der Waals surface area contributed by atoms with Gasteiger partial charge in [0.15, 0.2) is 5.79 Å². The van der Waals surface area contributed by atoms with E-state index in [1.54, 1.807) is 14.0 Å². The van der Waals surface area contributed by atoms with Crippen molar-refractivity contribution in [1.82, 2.24) is 0 Å². The number of ether oxygens (including phenoxy) is 6. The number of methoxy groups -OCH3 is 1. The van der Waals surface area contributed by atoms with Gasteiger partial charge in [-0.15, -0.1) is 0 Å². The van der Waals surface area contributed by atoms with Gasteiger partial charge in [0, 0.05) is 24.8 Å². The summed E-state index contributed by atoms with van der Waals surface area (Å²) in [7, 11) is 1.66. The first-order chi connectivity index (χ1) is 20.8. The highest BCUT2D eigenvalue weighted by Crippen LogP contribution is 2.38. The fourth-order valence-electron chi connectivity index (χ4n) is 5.79. The Bertz CT molecular complexity index is 1120. The van der Waals surface area contributed by atoms with Crippen LogP contribution in [-0.4, -0.2) is 67.1 Å². The smallest absolute Gasteiger partial charge is 0.327 e. The number of carboxylic acids is 1. The van der Waals surface area contributed by atoms with E-state index < -0.39 is 17.9 Å². The molecule has 9 heteroatoms. The molecule has 1 N–H and O–H groups in total. The van der Waals surface area contributed by atoms with Gasteiger partial charge in [0.25, 0.3) is 0 Å². The highest BCUT2D eigenvalue weighted by Gasteiger charge is 2.42. The van der Waals surface area contributed by atoms with E-state index in [4.69, 9.17) is 33.5 Å². The lowest BCUT2D eigenvalue weighted by atomic mass is 9.93. The van der Waals surface area contributed by atoms with Gasteiger partial charge in [0.05, 0.1) is 51.2 Å². The predicted molar refractivity (Wildman–Crippen MR) is 167 cm³/mol. The van der Waals surface area contributed by atoms with Crippen LogP contribution < -0.4 is 4.74 Å². The maximum Gasteiger partial charge on any atom is 0.327 e. The van der Waals surface area contributed by atoms with E-state index in [1.807, 2.05) is 38.1 Å². The second-order valence-corrected chi connectivity index (χ2v) is 12.7. The third kappa shape index (κ3) is 11.3. The number of carbonyl (C=O) groups is 2. The molecule has 44 heavy (non-hydrogen) atoms. The van der Waals surface area contributed by atoms with Gasteiger partial charge in [-0.05, 0) is 63.6 Å². The predicted octanol–water partition coefficient (Wildman–Crippen LogP) is 6.63. The number of aliphatic carboxylic acids is 1. The molecule has 3 rings (SSSR count). The van der Waals surface area contributed by atoms with E-state index in [0.717, 1.165) is 43.1 Å². The van der Waals surface area contributed by atoms with Crippen LogP contribution in [0.5, 0.6) is 5.75 Å². The second-order valence-electron chi connectivity index (χ2n) is 12.7. The molecule has 9 nitrogen and oxygen atoms in total. The first-order valence-corrected chi connectivity index (χ1v) is 15.8. The van der Waals surface area contributed by atoms with Crippen molar-refractivity contribution >= 4 is 11.9 Å². The van der Waals surface area contributed by atoms with Gasteiger partial charge in [-0.3, -0.25) is 4.79 Å². The van der Waals surface area contributed by atoms with Crippen molar-refractivity contribution in [2.75, 3.05) is 20.3 Å². The van der Waals surface area contributed by atoms with Gasteiger partial charge in [-0.2, -0.15) is 0 Å². The summed E-state index contributed by atoms with van der Waals surface area (Å²) in [5.74, 6) is -1.79. The number of esters is 1. The van der Waals surface area contributed by atoms with E-state index in [-0.39, 0.29) is 42.0 Å². The van der Waals surface area contributed by atoms with Gasteiger partial charge >= 0.3 is 11.9 Å². The Morgan fingerprint density at radius 2 is 1.82 bits per heavy atom. The number of carbonyl (C=O) groups excluding carboxylic acids is 1. The molecule has 2 heterocycles. The third-order valence-corrected chi connectivity index (χ3v) is 8.62. The highest BCUT2D eigenvalue weighted by atomic mass is 16.7. The molecule has 0 amide bonds. The number of rotatable bonds is 17. The lowest BCUT2D eigenvalue weighted by molar-refractivity contribution is -0.180. The molecule has 6 atom stereocenters. The average Bonchev–Trinajstić information content (AvgIpc) is 3.56. The van der Waals surface area contributed by atoms with E-state index >= 15 is 0 Å². The van der Waals surface area contributed by atoms with Gasteiger partial charge in [-0.25, -0.2) is 4.79 Å². The number of hydrogen-bond donors (Lipinski definition) is 1. The molecule has 0 aliphatic carbocycles. The standard InChI is InChI=1S/C35H52O9/c1-8-34(5)21-31(40-23-27-11-13-28(39-7)14-12-27)29(44-34)15-9-24(2)19-26(4)30(22-35(6)41-17-18-42-35)43-33(38)20-25(3)10-16-32(36)37/h10-14,16,19,25-26,29-31H,8-9,15,17-18,20-23H2,1-7H3,(H,36,37)/b16-10+,24-19+/t25-,26-,29+,30+,31-,34-/m1/s1. The minimum absolute atomic E-state index is 0.00485. The van der Waals surface area contributed by atoms with E-state index in [9.17, 15) is 9.59 Å². The second kappa shape index (κ2) is 16.5. The molecule has 0 saturated carbocycles. The molecule has 2 fully saturated rings. The zero-order valence-electron chi connectivity index (χ0n) is 27.5. The van der Waals surface area contributed by atoms with Crippen LogP contribution >= 0.6 is 0 Å². The first kappa shape index (κ1) is 35.8. The number of benzene rings is 1. The molecule has 0 spiro atoms. The van der Waals surface area contributed by atoms with Crippen molar-refractivity contribution in [3.63, 3.8) is 0 Å². The summed E-state index contributed by atoms with van der Waals surface area (Å²) >= 11 is 0. The van der Waals surface area contributed by atoms with Gasteiger partial charge in [0.2, 0.25) is 0 Å². The zero-order valence-corrected chi connectivity index (χ0v) is 27.5. The van der Waals surface area contributed by atoms with Crippen molar-refractivity contribution < 1.29 is 43.1 Å². The Balaban J connectivity index is 1.63. The Kier molecular flexibility index (Phi) is 13.4. The summed E-state index contributed by atoms with van der Waals surface area (Å²) < 4.78 is 35.8. The minimum atomic E-state index is -1.04. The Hall–Kier alpha value is -2.72. The lowest BCUT2D eigenvalue weighted by Crippen LogP contribution is -2.36. The summed E-state index contributed by atoms with van der Waals surface area (Å²) in [4.78, 5) is 23.7. The Labute approximate surface area is 262 Å². The minimum Gasteiger partial charge on any atom is -0.497 e. The molecule has 1 aromatic carbocycles. The number of allylic oxidation sites excluding steroid dienone is 2. The molecule has 0 radical (unpaired) electrons. The van der Waals surface area contributed by atoms with Crippen molar-refractivity contribution in [3.05, 3.63) is 53.6 Å². The summed E-state index contributed by atoms with van der Waals surface area (Å²) in [6.45, 7) is 13.6. The highest BCUT2D eigenvalue weighted by molar-refractivity contribution is 5.80. The molecule has 0 bridgehead atoms. The van der Waals surface area contributed by atoms with E-state index in [0.29, 0.717) is 26.2 Å². The summed E-state index contributed by atoms with van der Waals surface area (Å²) in [6, 6.07) is 7.94. The molecule has 1 aromatic rings. The zero-order chi connectivity index (χ0) is 32.3. The summed E-state index contributed by atoms with van der Waals surface area (Å²) in [6.07, 6.45) is 8.09. The molecular formula is C35H52O9. The van der Waals surface area contributed by atoms with Crippen LogP contribution in [0.1, 0.15) is 85.6 Å². The number of hydrogen-bond acceptors (Lipinski definition) is 8. The van der Waals surface area contributed by atoms with Gasteiger partial charge in [0.1, 0.15) is 11.9 Å². The van der Waals surface area contributed by atoms with Crippen LogP contribution in [0.3, 0.4) is 0 Å². The van der Waals surface area contributed by atoms with Crippen molar-refractivity contribution in [2.45, 2.75) is 116 Å². The third-order valence-electron chi connectivity index (χ3n) is 8.62. The molecule has 2 aliphatic heterocycles. The summed E-state index contributed by atoms with van der Waals surface area (Å²) in [5.41, 5.74) is 2.06. The van der Waals surface area contributed by atoms with Gasteiger partial charge < -0.3 is 33.5 Å². The van der Waals surface area contributed by atoms with Crippen LogP contribution in [0, 0.1) is 11.8 Å². The van der Waals surface area contributed by atoms with Crippen molar-refractivity contribution in [3.8, 4) is 5.75 Å². The van der Waals surface area contributed by atoms with Crippen LogP contribution in [0.2, 0.25) is 0 Å². The van der Waals surface area contributed by atoms with Crippen LogP contribution in [-0.2, 0) is 39.9 Å². The molecule has 246 valence electrons.